The number of rotatable bonds is 11. The van der Waals surface area contributed by atoms with Gasteiger partial charge in [-0.15, -0.1) is 0 Å². The number of nitrogens with zero attached hydrogens (tertiary/aromatic N) is 1. The fraction of sp³-hybridized carbons (Fsp3) is 0.333. The minimum Gasteiger partial charge on any atom is -0.493 e. The summed E-state index contributed by atoms with van der Waals surface area (Å²) in [4.78, 5) is 25.2. The SMILES string of the molecule is CCOC(=O)C1=C(C)NC(=S)N[C@H]1c1ccccc1OCC(=O)NN=Cc1cc(I)c(OC(C)C)c(OC)c1. The van der Waals surface area contributed by atoms with Crippen LogP contribution in [0.3, 0.4) is 0 Å². The largest absolute Gasteiger partial charge is 0.493 e. The molecule has 2 aromatic carbocycles. The smallest absolute Gasteiger partial charge is 0.338 e. The lowest BCUT2D eigenvalue weighted by atomic mass is 9.95. The molecule has 3 N–H and O–H groups in total. The molecule has 10 nitrogen and oxygen atoms in total. The van der Waals surface area contributed by atoms with Crippen LogP contribution in [0.25, 0.3) is 0 Å². The zero-order valence-corrected chi connectivity index (χ0v) is 25.3. The van der Waals surface area contributed by atoms with Crippen molar-refractivity contribution in [2.24, 2.45) is 5.10 Å². The number of hydrogen-bond donors (Lipinski definition) is 3. The van der Waals surface area contributed by atoms with E-state index in [0.29, 0.717) is 39.2 Å². The van der Waals surface area contributed by atoms with Crippen LogP contribution in [0, 0.1) is 3.57 Å². The van der Waals surface area contributed by atoms with Crippen LogP contribution >= 0.6 is 34.8 Å². The second kappa shape index (κ2) is 14.1. The van der Waals surface area contributed by atoms with Crippen molar-refractivity contribution in [1.29, 1.82) is 0 Å². The van der Waals surface area contributed by atoms with Crippen LogP contribution in [0.4, 0.5) is 0 Å². The van der Waals surface area contributed by atoms with E-state index >= 15 is 0 Å². The zero-order chi connectivity index (χ0) is 28.5. The van der Waals surface area contributed by atoms with Crippen molar-refractivity contribution in [2.45, 2.75) is 39.8 Å². The number of amides is 1. The van der Waals surface area contributed by atoms with E-state index in [1.807, 2.05) is 26.0 Å². The van der Waals surface area contributed by atoms with Crippen molar-refractivity contribution < 1.29 is 28.5 Å². The first-order valence-electron chi connectivity index (χ1n) is 12.2. The van der Waals surface area contributed by atoms with E-state index in [1.54, 1.807) is 45.2 Å². The van der Waals surface area contributed by atoms with Crippen LogP contribution < -0.4 is 30.3 Å². The van der Waals surface area contributed by atoms with E-state index in [0.717, 1.165) is 9.13 Å². The van der Waals surface area contributed by atoms with Crippen LogP contribution in [-0.2, 0) is 14.3 Å². The second-order valence-electron chi connectivity index (χ2n) is 8.61. The summed E-state index contributed by atoms with van der Waals surface area (Å²) in [5.74, 6) is 0.698. The number of halogens is 1. The minimum absolute atomic E-state index is 0.00434. The number of carbonyl (C=O) groups is 2. The molecule has 0 fully saturated rings. The molecule has 0 saturated carbocycles. The van der Waals surface area contributed by atoms with Gasteiger partial charge in [-0.2, -0.15) is 5.10 Å². The summed E-state index contributed by atoms with van der Waals surface area (Å²) in [5, 5.41) is 10.5. The highest BCUT2D eigenvalue weighted by atomic mass is 127. The highest BCUT2D eigenvalue weighted by Crippen LogP contribution is 2.35. The van der Waals surface area contributed by atoms with Crippen molar-refractivity contribution >= 4 is 58.0 Å². The standard InChI is InChI=1S/C27H31IN4O6S/c1-6-36-26(34)23-16(4)30-27(39)31-24(23)18-9-7-8-10-20(18)37-14-22(33)32-29-13-17-11-19(28)25(38-15(2)3)21(12-17)35-5/h7-13,15,24H,6,14H2,1-5H3,(H,32,33)(H2,30,31,39)/t24-/m0/s1. The van der Waals surface area contributed by atoms with Gasteiger partial charge in [0, 0.05) is 11.3 Å². The summed E-state index contributed by atoms with van der Waals surface area (Å²) in [6, 6.07) is 10.1. The first-order valence-corrected chi connectivity index (χ1v) is 13.7. The van der Waals surface area contributed by atoms with Crippen LogP contribution in [0.5, 0.6) is 17.2 Å². The number of carbonyl (C=O) groups excluding carboxylic acids is 2. The van der Waals surface area contributed by atoms with Gasteiger partial charge in [0.15, 0.2) is 23.2 Å². The molecule has 0 unspecified atom stereocenters. The maximum Gasteiger partial charge on any atom is 0.338 e. The molecular weight excluding hydrogens is 635 g/mol. The number of nitrogens with one attached hydrogen (secondary N) is 3. The molecule has 1 heterocycles. The summed E-state index contributed by atoms with van der Waals surface area (Å²) < 4.78 is 23.2. The molecule has 0 bridgehead atoms. The van der Waals surface area contributed by atoms with Crippen molar-refractivity contribution in [3.8, 4) is 17.2 Å². The average Bonchev–Trinajstić information content (AvgIpc) is 2.88. The summed E-state index contributed by atoms with van der Waals surface area (Å²) in [6.45, 7) is 7.30. The lowest BCUT2D eigenvalue weighted by Crippen LogP contribution is -2.45. The fourth-order valence-corrected chi connectivity index (χ4v) is 4.80. The monoisotopic (exact) mass is 666 g/mol. The number of para-hydroxylation sites is 1. The Balaban J connectivity index is 1.70. The van der Waals surface area contributed by atoms with Gasteiger partial charge in [0.05, 0.1) is 41.2 Å². The molecule has 12 heteroatoms. The van der Waals surface area contributed by atoms with E-state index in [1.165, 1.54) is 6.21 Å². The number of methoxy groups -OCH3 is 1. The summed E-state index contributed by atoms with van der Waals surface area (Å²) >= 11 is 7.47. The van der Waals surface area contributed by atoms with Gasteiger partial charge in [-0.1, -0.05) is 18.2 Å². The Kier molecular flexibility index (Phi) is 10.9. The fourth-order valence-electron chi connectivity index (χ4n) is 3.78. The first-order chi connectivity index (χ1) is 18.6. The lowest BCUT2D eigenvalue weighted by Gasteiger charge is -2.30. The maximum absolute atomic E-state index is 12.7. The van der Waals surface area contributed by atoms with Gasteiger partial charge in [-0.25, -0.2) is 10.2 Å². The Morgan fingerprint density at radius 1 is 1.23 bits per heavy atom. The van der Waals surface area contributed by atoms with Gasteiger partial charge in [0.2, 0.25) is 0 Å². The molecular formula is C27H31IN4O6S. The molecule has 0 aromatic heterocycles. The molecule has 1 atom stereocenters. The van der Waals surface area contributed by atoms with Crippen molar-refractivity contribution in [3.05, 3.63) is 62.4 Å². The predicted molar refractivity (Wildman–Crippen MR) is 160 cm³/mol. The van der Waals surface area contributed by atoms with Gasteiger partial charge in [-0.05, 0) is 86.3 Å². The molecule has 1 aliphatic rings. The van der Waals surface area contributed by atoms with Crippen molar-refractivity contribution in [2.75, 3.05) is 20.3 Å². The molecule has 1 aliphatic heterocycles. The van der Waals surface area contributed by atoms with Gasteiger partial charge in [-0.3, -0.25) is 4.79 Å². The number of esters is 1. The van der Waals surface area contributed by atoms with Gasteiger partial charge < -0.3 is 29.6 Å². The Bertz CT molecular complexity index is 1300. The molecule has 0 aliphatic carbocycles. The molecule has 208 valence electrons. The molecule has 0 radical (unpaired) electrons. The van der Waals surface area contributed by atoms with Crippen LogP contribution in [0.2, 0.25) is 0 Å². The second-order valence-corrected chi connectivity index (χ2v) is 10.2. The van der Waals surface area contributed by atoms with Crippen LogP contribution in [-0.4, -0.2) is 49.6 Å². The molecule has 0 saturated heterocycles. The van der Waals surface area contributed by atoms with E-state index < -0.39 is 17.9 Å². The third-order valence-corrected chi connectivity index (χ3v) is 6.38. The summed E-state index contributed by atoms with van der Waals surface area (Å²) in [7, 11) is 1.57. The highest BCUT2D eigenvalue weighted by Gasteiger charge is 2.32. The van der Waals surface area contributed by atoms with Gasteiger partial charge in [0.1, 0.15) is 5.75 Å². The Labute approximate surface area is 246 Å². The van der Waals surface area contributed by atoms with Crippen molar-refractivity contribution in [3.63, 3.8) is 0 Å². The summed E-state index contributed by atoms with van der Waals surface area (Å²) in [5.41, 5.74) is 4.78. The highest BCUT2D eigenvalue weighted by molar-refractivity contribution is 14.1. The average molecular weight is 667 g/mol. The molecule has 3 rings (SSSR count). The normalized spacial score (nSPS) is 15.1. The molecule has 2 aromatic rings. The van der Waals surface area contributed by atoms with Crippen molar-refractivity contribution in [1.82, 2.24) is 16.1 Å². The third-order valence-electron chi connectivity index (χ3n) is 5.36. The minimum atomic E-state index is -0.616. The predicted octanol–water partition coefficient (Wildman–Crippen LogP) is 3.97. The Hall–Kier alpha value is -3.39. The number of benzene rings is 2. The molecule has 0 spiro atoms. The third kappa shape index (κ3) is 8.05. The van der Waals surface area contributed by atoms with E-state index in [9.17, 15) is 9.59 Å². The molecule has 39 heavy (non-hydrogen) atoms. The molecule has 1 amide bonds. The summed E-state index contributed by atoms with van der Waals surface area (Å²) in [6.07, 6.45) is 1.50. The van der Waals surface area contributed by atoms with Gasteiger partial charge >= 0.3 is 5.97 Å². The van der Waals surface area contributed by atoms with E-state index in [-0.39, 0.29) is 19.3 Å². The number of allylic oxidation sites excluding steroid dienone is 1. The quantitative estimate of drug-likeness (QED) is 0.108. The Morgan fingerprint density at radius 3 is 2.67 bits per heavy atom. The lowest BCUT2D eigenvalue weighted by molar-refractivity contribution is -0.139. The van der Waals surface area contributed by atoms with E-state index in [4.69, 9.17) is 31.2 Å². The number of thiocarbonyl (C=S) groups is 1. The Morgan fingerprint density at radius 2 is 1.97 bits per heavy atom. The van der Waals surface area contributed by atoms with Crippen LogP contribution in [0.1, 0.15) is 44.9 Å². The topological polar surface area (TPSA) is 120 Å². The van der Waals surface area contributed by atoms with E-state index in [2.05, 4.69) is 43.8 Å². The maximum atomic E-state index is 12.7. The van der Waals surface area contributed by atoms with Gasteiger partial charge in [0.25, 0.3) is 5.91 Å². The van der Waals surface area contributed by atoms with Crippen LogP contribution in [0.15, 0.2) is 52.8 Å². The number of hydrazone groups is 1. The first kappa shape index (κ1) is 30.2. The zero-order valence-electron chi connectivity index (χ0n) is 22.3. The number of hydrogen-bond acceptors (Lipinski definition) is 8. The number of ether oxygens (including phenoxy) is 4.